The molecule has 1 atom stereocenters. The number of halogens is 3. The molecule has 5 nitrogen and oxygen atoms in total. The summed E-state index contributed by atoms with van der Waals surface area (Å²) in [7, 11) is 1.43. The Hall–Kier alpha value is -1.47. The lowest BCUT2D eigenvalue weighted by atomic mass is 9.79. The second-order valence-electron chi connectivity index (χ2n) is 5.73. The molecule has 1 unspecified atom stereocenters. The van der Waals surface area contributed by atoms with Crippen molar-refractivity contribution in [3.63, 3.8) is 0 Å². The lowest BCUT2D eigenvalue weighted by Gasteiger charge is -2.30. The Morgan fingerprint density at radius 3 is 2.32 bits per heavy atom. The first kappa shape index (κ1) is 18.6. The van der Waals surface area contributed by atoms with Crippen molar-refractivity contribution < 1.29 is 27.5 Å². The number of rotatable bonds is 6. The molecule has 0 spiro atoms. The summed E-state index contributed by atoms with van der Waals surface area (Å²) in [6.07, 6.45) is -2.96. The molecular weight excluding hydrogens is 301 g/mol. The molecule has 8 heteroatoms. The lowest BCUT2D eigenvalue weighted by molar-refractivity contribution is -0.184. The van der Waals surface area contributed by atoms with Crippen LogP contribution in [0.5, 0.6) is 0 Å². The fourth-order valence-electron chi connectivity index (χ4n) is 2.92. The molecule has 128 valence electrons. The van der Waals surface area contributed by atoms with Crippen molar-refractivity contribution in [3.05, 3.63) is 0 Å². The molecule has 1 rings (SSSR count). The van der Waals surface area contributed by atoms with Crippen LogP contribution in [-0.2, 0) is 9.53 Å². The number of ether oxygens (including phenoxy) is 1. The summed E-state index contributed by atoms with van der Waals surface area (Å²) < 4.78 is 42.4. The monoisotopic (exact) mass is 324 g/mol. The SMILES string of the molecule is CNC(=O)C(CCCC1CCC(C(F)(F)F)CC1)OC(N)=O. The predicted octanol–water partition coefficient (Wildman–Crippen LogP) is 2.74. The molecule has 1 saturated carbocycles. The van der Waals surface area contributed by atoms with Gasteiger partial charge in [-0.25, -0.2) is 4.79 Å². The van der Waals surface area contributed by atoms with Gasteiger partial charge in [-0.15, -0.1) is 0 Å². The number of nitrogens with two attached hydrogens (primary N) is 1. The number of alkyl halides is 3. The quantitative estimate of drug-likeness (QED) is 0.788. The van der Waals surface area contributed by atoms with Gasteiger partial charge in [-0.2, -0.15) is 13.2 Å². The number of likely N-dealkylation sites (N-methyl/N-ethyl adjacent to an activating group) is 1. The van der Waals surface area contributed by atoms with Crippen molar-refractivity contribution in [2.45, 2.75) is 57.2 Å². The minimum absolute atomic E-state index is 0.171. The summed E-state index contributed by atoms with van der Waals surface area (Å²) in [4.78, 5) is 22.3. The minimum atomic E-state index is -4.09. The van der Waals surface area contributed by atoms with Gasteiger partial charge in [-0.1, -0.05) is 6.42 Å². The Balaban J connectivity index is 2.31. The molecule has 3 N–H and O–H groups in total. The highest BCUT2D eigenvalue weighted by atomic mass is 19.4. The highest BCUT2D eigenvalue weighted by Crippen LogP contribution is 2.40. The number of carbonyl (C=O) groups is 2. The van der Waals surface area contributed by atoms with Crippen LogP contribution in [0.2, 0.25) is 0 Å². The van der Waals surface area contributed by atoms with Crippen molar-refractivity contribution in [1.82, 2.24) is 5.32 Å². The van der Waals surface area contributed by atoms with Gasteiger partial charge in [-0.05, 0) is 44.4 Å². The van der Waals surface area contributed by atoms with Crippen LogP contribution in [0.25, 0.3) is 0 Å². The van der Waals surface area contributed by atoms with Crippen LogP contribution in [0.1, 0.15) is 44.9 Å². The highest BCUT2D eigenvalue weighted by molar-refractivity contribution is 5.82. The fraction of sp³-hybridized carbons (Fsp3) is 0.857. The summed E-state index contributed by atoms with van der Waals surface area (Å²) in [5, 5.41) is 2.38. The van der Waals surface area contributed by atoms with E-state index in [0.29, 0.717) is 25.7 Å². The van der Waals surface area contributed by atoms with E-state index in [9.17, 15) is 22.8 Å². The molecule has 2 amide bonds. The van der Waals surface area contributed by atoms with Gasteiger partial charge in [0.15, 0.2) is 6.10 Å². The van der Waals surface area contributed by atoms with Crippen LogP contribution >= 0.6 is 0 Å². The van der Waals surface area contributed by atoms with E-state index in [2.05, 4.69) is 5.32 Å². The molecule has 0 aromatic rings. The van der Waals surface area contributed by atoms with Crippen LogP contribution < -0.4 is 11.1 Å². The molecule has 1 fully saturated rings. The average molecular weight is 324 g/mol. The van der Waals surface area contributed by atoms with E-state index in [4.69, 9.17) is 10.5 Å². The molecule has 1 aliphatic rings. The third-order valence-corrected chi connectivity index (χ3v) is 4.19. The van der Waals surface area contributed by atoms with Gasteiger partial charge >= 0.3 is 12.3 Å². The molecular formula is C14H23F3N2O3. The Bertz CT molecular complexity index is 380. The normalized spacial score (nSPS) is 23.6. The van der Waals surface area contributed by atoms with Crippen LogP contribution in [0.3, 0.4) is 0 Å². The van der Waals surface area contributed by atoms with Gasteiger partial charge in [0.1, 0.15) is 0 Å². The third kappa shape index (κ3) is 6.11. The van der Waals surface area contributed by atoms with Crippen LogP contribution in [0.4, 0.5) is 18.0 Å². The number of hydrogen-bond donors (Lipinski definition) is 2. The molecule has 0 aliphatic heterocycles. The van der Waals surface area contributed by atoms with Gasteiger partial charge < -0.3 is 15.8 Å². The van der Waals surface area contributed by atoms with E-state index >= 15 is 0 Å². The van der Waals surface area contributed by atoms with E-state index in [1.807, 2.05) is 0 Å². The smallest absolute Gasteiger partial charge is 0.405 e. The molecule has 0 radical (unpaired) electrons. The third-order valence-electron chi connectivity index (χ3n) is 4.19. The molecule has 22 heavy (non-hydrogen) atoms. The highest BCUT2D eigenvalue weighted by Gasteiger charge is 2.41. The zero-order valence-electron chi connectivity index (χ0n) is 12.6. The second kappa shape index (κ2) is 8.24. The summed E-state index contributed by atoms with van der Waals surface area (Å²) >= 11 is 0. The maximum atomic E-state index is 12.6. The topological polar surface area (TPSA) is 81.4 Å². The van der Waals surface area contributed by atoms with E-state index in [1.165, 1.54) is 7.05 Å². The fourth-order valence-corrected chi connectivity index (χ4v) is 2.92. The van der Waals surface area contributed by atoms with E-state index in [-0.39, 0.29) is 18.8 Å². The Kier molecular flexibility index (Phi) is 6.96. The average Bonchev–Trinajstić information content (AvgIpc) is 2.44. The Morgan fingerprint density at radius 1 is 1.27 bits per heavy atom. The zero-order valence-corrected chi connectivity index (χ0v) is 12.6. The number of carbonyl (C=O) groups excluding carboxylic acids is 2. The summed E-state index contributed by atoms with van der Waals surface area (Å²) in [6.45, 7) is 0. The first-order valence-electron chi connectivity index (χ1n) is 7.48. The lowest BCUT2D eigenvalue weighted by Crippen LogP contribution is -2.37. The van der Waals surface area contributed by atoms with Crippen LogP contribution in [-0.4, -0.2) is 31.3 Å². The van der Waals surface area contributed by atoms with Crippen molar-refractivity contribution in [2.24, 2.45) is 17.6 Å². The Labute approximate surface area is 127 Å². The number of nitrogens with one attached hydrogen (secondary N) is 1. The van der Waals surface area contributed by atoms with Gasteiger partial charge in [0, 0.05) is 7.05 Å². The first-order valence-corrected chi connectivity index (χ1v) is 7.48. The van der Waals surface area contributed by atoms with Crippen molar-refractivity contribution >= 4 is 12.0 Å². The summed E-state index contributed by atoms with van der Waals surface area (Å²) in [5.74, 6) is -1.38. The molecule has 0 aromatic heterocycles. The molecule has 0 heterocycles. The van der Waals surface area contributed by atoms with Gasteiger partial charge in [0.25, 0.3) is 5.91 Å². The number of amides is 2. The molecule has 0 aromatic carbocycles. The molecule has 0 bridgehead atoms. The number of primary amides is 1. The van der Waals surface area contributed by atoms with Crippen LogP contribution in [0.15, 0.2) is 0 Å². The van der Waals surface area contributed by atoms with E-state index in [0.717, 1.165) is 6.42 Å². The zero-order chi connectivity index (χ0) is 16.8. The predicted molar refractivity (Wildman–Crippen MR) is 73.9 cm³/mol. The second-order valence-corrected chi connectivity index (χ2v) is 5.73. The maximum absolute atomic E-state index is 12.6. The van der Waals surface area contributed by atoms with Gasteiger partial charge in [-0.3, -0.25) is 4.79 Å². The van der Waals surface area contributed by atoms with Crippen molar-refractivity contribution in [2.75, 3.05) is 7.05 Å². The van der Waals surface area contributed by atoms with Crippen LogP contribution in [0, 0.1) is 11.8 Å². The minimum Gasteiger partial charge on any atom is -0.436 e. The Morgan fingerprint density at radius 2 is 1.86 bits per heavy atom. The summed E-state index contributed by atoms with van der Waals surface area (Å²) in [6, 6.07) is 0. The first-order chi connectivity index (χ1) is 10.2. The largest absolute Gasteiger partial charge is 0.436 e. The standard InChI is InChI=1S/C14H23F3N2O3/c1-19-12(20)11(22-13(18)21)4-2-3-9-5-7-10(8-6-9)14(15,16)17/h9-11H,2-8H2,1H3,(H2,18,21)(H,19,20). The van der Waals surface area contributed by atoms with Crippen molar-refractivity contribution in [3.8, 4) is 0 Å². The van der Waals surface area contributed by atoms with E-state index in [1.54, 1.807) is 0 Å². The molecule has 1 aliphatic carbocycles. The van der Waals surface area contributed by atoms with Gasteiger partial charge in [0.2, 0.25) is 0 Å². The maximum Gasteiger partial charge on any atom is 0.405 e. The van der Waals surface area contributed by atoms with Crippen molar-refractivity contribution in [1.29, 1.82) is 0 Å². The summed E-state index contributed by atoms with van der Waals surface area (Å²) in [5.41, 5.74) is 4.91. The van der Waals surface area contributed by atoms with Gasteiger partial charge in [0.05, 0.1) is 5.92 Å². The number of hydrogen-bond acceptors (Lipinski definition) is 3. The van der Waals surface area contributed by atoms with E-state index < -0.39 is 30.2 Å². The molecule has 0 saturated heterocycles.